The summed E-state index contributed by atoms with van der Waals surface area (Å²) in [6.07, 6.45) is 8.32. The second kappa shape index (κ2) is 5.53. The highest BCUT2D eigenvalue weighted by Gasteiger charge is 2.19. The van der Waals surface area contributed by atoms with Gasteiger partial charge in [0.15, 0.2) is 0 Å². The summed E-state index contributed by atoms with van der Waals surface area (Å²) in [6, 6.07) is 0. The molecule has 0 aliphatic heterocycles. The summed E-state index contributed by atoms with van der Waals surface area (Å²) >= 11 is 4.07. The Hall–Kier alpha value is -0.180. The first-order valence-corrected chi connectivity index (χ1v) is 5.62. The molecule has 0 amide bonds. The van der Waals surface area contributed by atoms with Gasteiger partial charge in [0.25, 0.3) is 0 Å². The summed E-state index contributed by atoms with van der Waals surface area (Å²) in [5, 5.41) is 8.25. The predicted molar refractivity (Wildman–Crippen MR) is 56.2 cm³/mol. The molecule has 76 valence electrons. The molecule has 0 aromatic heterocycles. The van der Waals surface area contributed by atoms with E-state index >= 15 is 0 Å². The molecular weight excluding hydrogens is 184 g/mol. The molecule has 3 heteroatoms. The maximum Gasteiger partial charge on any atom is 0.316 e. The van der Waals surface area contributed by atoms with Crippen LogP contribution in [-0.2, 0) is 4.79 Å². The molecule has 1 rings (SSSR count). The minimum absolute atomic E-state index is 0.455. The Morgan fingerprint density at radius 2 is 1.85 bits per heavy atom. The molecule has 2 nitrogen and oxygen atoms in total. The van der Waals surface area contributed by atoms with Crippen molar-refractivity contribution in [2.75, 3.05) is 0 Å². The summed E-state index contributed by atoms with van der Waals surface area (Å²) in [5.74, 6) is -0.173. The molecule has 1 aliphatic carbocycles. The van der Waals surface area contributed by atoms with Crippen molar-refractivity contribution in [3.63, 3.8) is 0 Å². The van der Waals surface area contributed by atoms with E-state index in [4.69, 9.17) is 5.11 Å². The van der Waals surface area contributed by atoms with Crippen LogP contribution in [0.15, 0.2) is 0 Å². The zero-order valence-electron chi connectivity index (χ0n) is 7.91. The van der Waals surface area contributed by atoms with Crippen LogP contribution in [0.25, 0.3) is 0 Å². The van der Waals surface area contributed by atoms with Crippen molar-refractivity contribution < 1.29 is 9.90 Å². The van der Waals surface area contributed by atoms with Gasteiger partial charge in [-0.3, -0.25) is 4.79 Å². The van der Waals surface area contributed by atoms with Crippen LogP contribution in [0.1, 0.15) is 44.9 Å². The molecule has 0 aromatic carbocycles. The molecule has 0 heterocycles. The maximum absolute atomic E-state index is 10.6. The van der Waals surface area contributed by atoms with Gasteiger partial charge in [-0.1, -0.05) is 38.5 Å². The monoisotopic (exact) mass is 202 g/mol. The third-order valence-corrected chi connectivity index (χ3v) is 3.25. The molecule has 1 saturated carbocycles. The lowest BCUT2D eigenvalue weighted by atomic mass is 9.95. The molecule has 0 bridgehead atoms. The van der Waals surface area contributed by atoms with Crippen LogP contribution in [0.3, 0.4) is 0 Å². The number of aliphatic carboxylic acids is 1. The van der Waals surface area contributed by atoms with Crippen LogP contribution in [0.5, 0.6) is 0 Å². The number of hydrogen-bond donors (Lipinski definition) is 2. The predicted octanol–water partition coefficient (Wildman–Crippen LogP) is 2.73. The average Bonchev–Trinajstić information content (AvgIpc) is 2.32. The van der Waals surface area contributed by atoms with E-state index in [9.17, 15) is 4.79 Å². The van der Waals surface area contributed by atoms with E-state index in [1.807, 2.05) is 0 Å². The minimum atomic E-state index is -0.771. The largest absolute Gasteiger partial charge is 0.480 e. The fourth-order valence-electron chi connectivity index (χ4n) is 2.02. The summed E-state index contributed by atoms with van der Waals surface area (Å²) in [6.45, 7) is 0. The standard InChI is InChI=1S/C10H18O2S/c11-10(12)9(13)7-8-5-3-1-2-4-6-8/h8-9,13H,1-7H2,(H,11,12). The number of thiol groups is 1. The summed E-state index contributed by atoms with van der Waals surface area (Å²) < 4.78 is 0. The molecule has 0 radical (unpaired) electrons. The van der Waals surface area contributed by atoms with Gasteiger partial charge in [0, 0.05) is 0 Å². The number of carboxylic acids is 1. The van der Waals surface area contributed by atoms with Crippen LogP contribution in [-0.4, -0.2) is 16.3 Å². The molecular formula is C10H18O2S. The summed E-state index contributed by atoms with van der Waals surface area (Å²) in [7, 11) is 0. The van der Waals surface area contributed by atoms with Crippen molar-refractivity contribution in [2.45, 2.75) is 50.2 Å². The SMILES string of the molecule is O=C(O)C(S)CC1CCCCCC1. The summed E-state index contributed by atoms with van der Waals surface area (Å²) in [5.41, 5.74) is 0. The zero-order chi connectivity index (χ0) is 9.68. The van der Waals surface area contributed by atoms with E-state index in [1.54, 1.807) is 0 Å². The molecule has 13 heavy (non-hydrogen) atoms. The van der Waals surface area contributed by atoms with Gasteiger partial charge >= 0.3 is 5.97 Å². The van der Waals surface area contributed by atoms with Crippen molar-refractivity contribution in [3.05, 3.63) is 0 Å². The van der Waals surface area contributed by atoms with E-state index in [-0.39, 0.29) is 0 Å². The van der Waals surface area contributed by atoms with E-state index < -0.39 is 11.2 Å². The van der Waals surface area contributed by atoms with Crippen molar-refractivity contribution in [1.82, 2.24) is 0 Å². The molecule has 1 fully saturated rings. The molecule has 1 aliphatic rings. The minimum Gasteiger partial charge on any atom is -0.480 e. The topological polar surface area (TPSA) is 37.3 Å². The molecule has 1 atom stereocenters. The van der Waals surface area contributed by atoms with E-state index in [1.165, 1.54) is 38.5 Å². The Kier molecular flexibility index (Phi) is 4.64. The van der Waals surface area contributed by atoms with Crippen molar-refractivity contribution >= 4 is 18.6 Å². The molecule has 0 saturated heterocycles. The molecule has 1 unspecified atom stereocenters. The fourth-order valence-corrected chi connectivity index (χ4v) is 2.31. The maximum atomic E-state index is 10.6. The van der Waals surface area contributed by atoms with Crippen molar-refractivity contribution in [1.29, 1.82) is 0 Å². The summed E-state index contributed by atoms with van der Waals surface area (Å²) in [4.78, 5) is 10.6. The fraction of sp³-hybridized carbons (Fsp3) is 0.900. The third kappa shape index (κ3) is 4.03. The van der Waals surface area contributed by atoms with E-state index in [0.29, 0.717) is 5.92 Å². The lowest BCUT2D eigenvalue weighted by Gasteiger charge is -2.15. The van der Waals surface area contributed by atoms with Gasteiger partial charge in [0.1, 0.15) is 0 Å². The van der Waals surface area contributed by atoms with Crippen LogP contribution in [0, 0.1) is 5.92 Å². The highest BCUT2D eigenvalue weighted by atomic mass is 32.1. The van der Waals surface area contributed by atoms with Crippen LogP contribution in [0.2, 0.25) is 0 Å². The lowest BCUT2D eigenvalue weighted by Crippen LogP contribution is -2.17. The highest BCUT2D eigenvalue weighted by Crippen LogP contribution is 2.27. The van der Waals surface area contributed by atoms with Crippen LogP contribution >= 0.6 is 12.6 Å². The van der Waals surface area contributed by atoms with Crippen molar-refractivity contribution in [2.24, 2.45) is 5.92 Å². The first-order chi connectivity index (χ1) is 6.20. The van der Waals surface area contributed by atoms with Gasteiger partial charge in [-0.05, 0) is 12.3 Å². The van der Waals surface area contributed by atoms with Crippen molar-refractivity contribution in [3.8, 4) is 0 Å². The molecule has 0 spiro atoms. The smallest absolute Gasteiger partial charge is 0.316 e. The number of hydrogen-bond acceptors (Lipinski definition) is 2. The Morgan fingerprint density at radius 3 is 2.31 bits per heavy atom. The van der Waals surface area contributed by atoms with Gasteiger partial charge in [-0.2, -0.15) is 12.6 Å². The lowest BCUT2D eigenvalue weighted by molar-refractivity contribution is -0.136. The number of carbonyl (C=O) groups is 1. The first kappa shape index (κ1) is 10.9. The number of rotatable bonds is 3. The molecule has 0 aromatic rings. The van der Waals surface area contributed by atoms with Gasteiger partial charge in [-0.25, -0.2) is 0 Å². The Bertz CT molecular complexity index is 162. The number of carboxylic acid groups (broad SMARTS) is 1. The van der Waals surface area contributed by atoms with Crippen LogP contribution in [0.4, 0.5) is 0 Å². The van der Waals surface area contributed by atoms with Gasteiger partial charge in [0.2, 0.25) is 0 Å². The molecule has 1 N–H and O–H groups in total. The van der Waals surface area contributed by atoms with E-state index in [0.717, 1.165) is 6.42 Å². The Labute approximate surface area is 85.1 Å². The van der Waals surface area contributed by atoms with Gasteiger partial charge < -0.3 is 5.11 Å². The normalized spacial score (nSPS) is 22.2. The second-order valence-corrected chi connectivity index (χ2v) is 4.57. The van der Waals surface area contributed by atoms with Gasteiger partial charge in [0.05, 0.1) is 5.25 Å². The zero-order valence-corrected chi connectivity index (χ0v) is 8.80. The Morgan fingerprint density at radius 1 is 1.31 bits per heavy atom. The van der Waals surface area contributed by atoms with E-state index in [2.05, 4.69) is 12.6 Å². The third-order valence-electron chi connectivity index (χ3n) is 2.82. The average molecular weight is 202 g/mol. The Balaban J connectivity index is 2.29. The van der Waals surface area contributed by atoms with Crippen LogP contribution < -0.4 is 0 Å². The second-order valence-electron chi connectivity index (χ2n) is 3.95. The first-order valence-electron chi connectivity index (χ1n) is 5.11. The highest BCUT2D eigenvalue weighted by molar-refractivity contribution is 7.81. The van der Waals surface area contributed by atoms with Gasteiger partial charge in [-0.15, -0.1) is 0 Å². The quantitative estimate of drug-likeness (QED) is 0.545.